The maximum absolute atomic E-state index is 12.6. The second kappa shape index (κ2) is 9.62. The number of nitrogens with zero attached hydrogens (tertiary/aromatic N) is 1. The van der Waals surface area contributed by atoms with Gasteiger partial charge in [-0.25, -0.2) is 0 Å². The third kappa shape index (κ3) is 4.71. The molecule has 3 aromatic rings. The van der Waals surface area contributed by atoms with Gasteiger partial charge in [0, 0.05) is 36.7 Å². The summed E-state index contributed by atoms with van der Waals surface area (Å²) < 4.78 is 25.0. The van der Waals surface area contributed by atoms with Crippen LogP contribution in [-0.2, 0) is 0 Å². The molecule has 35 heavy (non-hydrogen) atoms. The van der Waals surface area contributed by atoms with Crippen LogP contribution in [0.25, 0.3) is 11.1 Å². The first-order valence-electron chi connectivity index (χ1n) is 11.9. The lowest BCUT2D eigenvalue weighted by molar-refractivity contribution is 0.0668. The fourth-order valence-corrected chi connectivity index (χ4v) is 4.85. The van der Waals surface area contributed by atoms with Crippen LogP contribution in [0.2, 0.25) is 0 Å². The summed E-state index contributed by atoms with van der Waals surface area (Å²) in [5.41, 5.74) is 5.33. The average molecular weight is 476 g/mol. The number of alkyl halides is 1. The standard InChI is InChI=1S/C29H30FNO4/c1-18-12-27-25(14-26(18)33)19(2)28(22-4-3-5-23(32)13-22)29(35-27)21-6-8-24(9-7-21)34-11-10-31-16-20(15-30)17-31/h3-9,12-14,20,29,32-33H,10-11,15-17H2,1-2H3/t29-/m0/s1. The van der Waals surface area contributed by atoms with Crippen molar-refractivity contribution in [1.29, 1.82) is 0 Å². The van der Waals surface area contributed by atoms with Crippen molar-refractivity contribution < 1.29 is 24.1 Å². The molecule has 6 heteroatoms. The molecule has 2 aliphatic heterocycles. The van der Waals surface area contributed by atoms with E-state index in [9.17, 15) is 14.6 Å². The largest absolute Gasteiger partial charge is 0.508 e. The van der Waals surface area contributed by atoms with E-state index in [-0.39, 0.29) is 30.2 Å². The number of halogens is 1. The molecule has 0 aliphatic carbocycles. The Morgan fingerprint density at radius 2 is 1.80 bits per heavy atom. The highest BCUT2D eigenvalue weighted by molar-refractivity contribution is 5.96. The number of benzene rings is 3. The molecule has 182 valence electrons. The van der Waals surface area contributed by atoms with Crippen LogP contribution < -0.4 is 9.47 Å². The molecule has 2 heterocycles. The van der Waals surface area contributed by atoms with E-state index < -0.39 is 0 Å². The van der Waals surface area contributed by atoms with Crippen LogP contribution >= 0.6 is 0 Å². The van der Waals surface area contributed by atoms with Gasteiger partial charge in [0.25, 0.3) is 0 Å². The van der Waals surface area contributed by atoms with Crippen molar-refractivity contribution in [2.24, 2.45) is 5.92 Å². The van der Waals surface area contributed by atoms with Crippen molar-refractivity contribution in [3.05, 3.63) is 82.9 Å². The van der Waals surface area contributed by atoms with Crippen molar-refractivity contribution in [1.82, 2.24) is 4.90 Å². The van der Waals surface area contributed by atoms with Crippen molar-refractivity contribution in [3.63, 3.8) is 0 Å². The number of allylic oxidation sites excluding steroid dienone is 1. The number of aromatic hydroxyl groups is 2. The molecule has 2 N–H and O–H groups in total. The lowest BCUT2D eigenvalue weighted by Crippen LogP contribution is -2.49. The fraction of sp³-hybridized carbons (Fsp3) is 0.310. The number of fused-ring (bicyclic) bond motifs is 1. The second-order valence-corrected chi connectivity index (χ2v) is 9.42. The highest BCUT2D eigenvalue weighted by atomic mass is 19.1. The average Bonchev–Trinajstić information content (AvgIpc) is 2.82. The zero-order chi connectivity index (χ0) is 24.5. The monoisotopic (exact) mass is 475 g/mol. The Balaban J connectivity index is 1.40. The van der Waals surface area contributed by atoms with Gasteiger partial charge in [-0.3, -0.25) is 9.29 Å². The number of aryl methyl sites for hydroxylation is 1. The van der Waals surface area contributed by atoms with Crippen LogP contribution in [0.15, 0.2) is 60.7 Å². The highest BCUT2D eigenvalue weighted by Crippen LogP contribution is 2.48. The zero-order valence-corrected chi connectivity index (χ0v) is 20.0. The van der Waals surface area contributed by atoms with Crippen molar-refractivity contribution >= 4 is 11.1 Å². The van der Waals surface area contributed by atoms with Gasteiger partial charge >= 0.3 is 0 Å². The van der Waals surface area contributed by atoms with Crippen molar-refractivity contribution in [3.8, 4) is 23.0 Å². The van der Waals surface area contributed by atoms with Gasteiger partial charge in [-0.15, -0.1) is 0 Å². The first-order chi connectivity index (χ1) is 16.9. The SMILES string of the molecule is CC1=C(c2cccc(O)c2)[C@H](c2ccc(OCCN3CC(CF)C3)cc2)Oc2cc(C)c(O)cc21. The molecule has 0 aromatic heterocycles. The topological polar surface area (TPSA) is 62.2 Å². The Kier molecular flexibility index (Phi) is 6.39. The van der Waals surface area contributed by atoms with Crippen molar-refractivity contribution in [2.75, 3.05) is 32.9 Å². The molecule has 0 saturated carbocycles. The minimum Gasteiger partial charge on any atom is -0.508 e. The van der Waals surface area contributed by atoms with Gasteiger partial charge in [0.05, 0.1) is 6.67 Å². The maximum Gasteiger partial charge on any atom is 0.150 e. The van der Waals surface area contributed by atoms with Crippen molar-refractivity contribution in [2.45, 2.75) is 20.0 Å². The lowest BCUT2D eigenvalue weighted by Gasteiger charge is -2.37. The molecule has 0 radical (unpaired) electrons. The van der Waals surface area contributed by atoms with E-state index in [4.69, 9.17) is 9.47 Å². The predicted molar refractivity (Wildman–Crippen MR) is 135 cm³/mol. The first kappa shape index (κ1) is 23.2. The van der Waals surface area contributed by atoms with Gasteiger partial charge in [-0.1, -0.05) is 24.3 Å². The van der Waals surface area contributed by atoms with Crippen LogP contribution in [0, 0.1) is 12.8 Å². The lowest BCUT2D eigenvalue weighted by atomic mass is 9.85. The van der Waals surface area contributed by atoms with E-state index in [1.807, 2.05) is 56.3 Å². The van der Waals surface area contributed by atoms with Crippen LogP contribution in [-0.4, -0.2) is 48.0 Å². The predicted octanol–water partition coefficient (Wildman–Crippen LogP) is 5.75. The molecule has 1 fully saturated rings. The Bertz CT molecular complexity index is 1250. The van der Waals surface area contributed by atoms with E-state index in [1.54, 1.807) is 18.2 Å². The summed E-state index contributed by atoms with van der Waals surface area (Å²) in [4.78, 5) is 2.20. The van der Waals surface area contributed by atoms with Gasteiger partial charge in [-0.2, -0.15) is 0 Å². The van der Waals surface area contributed by atoms with E-state index in [2.05, 4.69) is 4.90 Å². The normalized spacial score (nSPS) is 18.1. The maximum atomic E-state index is 12.6. The minimum atomic E-state index is -0.388. The molecule has 0 unspecified atom stereocenters. The summed E-state index contributed by atoms with van der Waals surface area (Å²) in [6, 6.07) is 18.6. The fourth-order valence-electron chi connectivity index (χ4n) is 4.85. The Morgan fingerprint density at radius 1 is 1.03 bits per heavy atom. The highest BCUT2D eigenvalue weighted by Gasteiger charge is 2.30. The molecule has 0 amide bonds. The molecule has 1 saturated heterocycles. The van der Waals surface area contributed by atoms with E-state index >= 15 is 0 Å². The van der Waals surface area contributed by atoms with E-state index in [1.165, 1.54) is 0 Å². The molecule has 1 atom stereocenters. The van der Waals surface area contributed by atoms with E-state index in [0.29, 0.717) is 12.4 Å². The summed E-state index contributed by atoms with van der Waals surface area (Å²) in [6.07, 6.45) is -0.388. The van der Waals surface area contributed by atoms with Gasteiger partial charge in [-0.05, 0) is 72.5 Å². The Morgan fingerprint density at radius 3 is 2.51 bits per heavy atom. The summed E-state index contributed by atoms with van der Waals surface area (Å²) in [5, 5.41) is 20.4. The third-order valence-electron chi connectivity index (χ3n) is 6.88. The van der Waals surface area contributed by atoms with Crippen LogP contribution in [0.4, 0.5) is 4.39 Å². The molecule has 0 spiro atoms. The molecular weight excluding hydrogens is 445 g/mol. The number of hydrogen-bond acceptors (Lipinski definition) is 5. The van der Waals surface area contributed by atoms with Crippen LogP contribution in [0.5, 0.6) is 23.0 Å². The number of phenolic OH excluding ortho intramolecular Hbond substituents is 2. The number of phenols is 2. The molecule has 5 nitrogen and oxygen atoms in total. The summed E-state index contributed by atoms with van der Waals surface area (Å²) in [6.45, 7) is 6.58. The summed E-state index contributed by atoms with van der Waals surface area (Å²) >= 11 is 0. The Hall–Kier alpha value is -3.51. The summed E-state index contributed by atoms with van der Waals surface area (Å²) in [7, 11) is 0. The minimum absolute atomic E-state index is 0.180. The third-order valence-corrected chi connectivity index (χ3v) is 6.88. The molecular formula is C29H30FNO4. The molecule has 3 aromatic carbocycles. The van der Waals surface area contributed by atoms with Gasteiger partial charge in [0.1, 0.15) is 35.7 Å². The molecule has 0 bridgehead atoms. The molecule has 5 rings (SSSR count). The van der Waals surface area contributed by atoms with E-state index in [0.717, 1.165) is 58.8 Å². The molecule has 2 aliphatic rings. The smallest absolute Gasteiger partial charge is 0.150 e. The Labute approximate surface area is 205 Å². The first-order valence-corrected chi connectivity index (χ1v) is 11.9. The number of likely N-dealkylation sites (tertiary alicyclic amines) is 1. The van der Waals surface area contributed by atoms with Gasteiger partial charge in [0.2, 0.25) is 0 Å². The zero-order valence-electron chi connectivity index (χ0n) is 20.0. The number of rotatable bonds is 7. The quantitative estimate of drug-likeness (QED) is 0.456. The van der Waals surface area contributed by atoms with Gasteiger partial charge in [0.15, 0.2) is 0 Å². The second-order valence-electron chi connectivity index (χ2n) is 9.42. The number of ether oxygens (including phenoxy) is 2. The number of hydrogen-bond donors (Lipinski definition) is 2. The summed E-state index contributed by atoms with van der Waals surface area (Å²) in [5.74, 6) is 2.07. The van der Waals surface area contributed by atoms with Crippen LogP contribution in [0.1, 0.15) is 35.3 Å². The van der Waals surface area contributed by atoms with Crippen LogP contribution in [0.3, 0.4) is 0 Å². The van der Waals surface area contributed by atoms with Gasteiger partial charge < -0.3 is 19.7 Å².